The smallest absolute Gasteiger partial charge is 0.302 e. The molecule has 0 atom stereocenters. The van der Waals surface area contributed by atoms with Crippen LogP contribution in [0.3, 0.4) is 0 Å². The van der Waals surface area contributed by atoms with Crippen molar-refractivity contribution >= 4 is 12.6 Å². The van der Waals surface area contributed by atoms with E-state index in [0.29, 0.717) is 10.6 Å². The molecule has 0 spiro atoms. The van der Waals surface area contributed by atoms with Gasteiger partial charge in [-0.2, -0.15) is 0 Å². The lowest BCUT2D eigenvalue weighted by Crippen LogP contribution is -2.40. The van der Waals surface area contributed by atoms with E-state index in [-0.39, 0.29) is 17.3 Å². The van der Waals surface area contributed by atoms with E-state index in [1.54, 1.807) is 6.92 Å². The Balaban J connectivity index is 2.51. The Morgan fingerprint density at radius 1 is 1.25 bits per heavy atom. The molecule has 0 saturated heterocycles. The topological polar surface area (TPSA) is 54.9 Å². The van der Waals surface area contributed by atoms with E-state index in [1.165, 1.54) is 11.0 Å². The van der Waals surface area contributed by atoms with Crippen LogP contribution in [-0.2, 0) is 0 Å². The van der Waals surface area contributed by atoms with Gasteiger partial charge in [-0.3, -0.25) is 9.36 Å². The molecule has 0 aromatic carbocycles. The average Bonchev–Trinajstić information content (AvgIpc) is 2.28. The molecular weight excluding hydrogens is 224 g/mol. The van der Waals surface area contributed by atoms with E-state index in [0.717, 1.165) is 25.7 Å². The highest BCUT2D eigenvalue weighted by atomic mass is 32.1. The van der Waals surface area contributed by atoms with Gasteiger partial charge < -0.3 is 4.98 Å². The fourth-order valence-corrected chi connectivity index (χ4v) is 2.49. The van der Waals surface area contributed by atoms with Crippen molar-refractivity contribution < 1.29 is 0 Å². The monoisotopic (exact) mass is 240 g/mol. The summed E-state index contributed by atoms with van der Waals surface area (Å²) in [5, 5.41) is 0.377. The van der Waals surface area contributed by atoms with E-state index >= 15 is 0 Å². The number of H-pyrrole nitrogens is 1. The fourth-order valence-electron chi connectivity index (χ4n) is 2.30. The van der Waals surface area contributed by atoms with Gasteiger partial charge in [0.1, 0.15) is 0 Å². The van der Waals surface area contributed by atoms with Gasteiger partial charge in [0.2, 0.25) is 0 Å². The van der Waals surface area contributed by atoms with Crippen LogP contribution in [0.2, 0.25) is 0 Å². The Kier molecular flexibility index (Phi) is 3.23. The average molecular weight is 240 g/mol. The largest absolute Gasteiger partial charge is 0.329 e. The zero-order valence-corrected chi connectivity index (χ0v) is 10.2. The van der Waals surface area contributed by atoms with Crippen LogP contribution in [0.15, 0.2) is 14.6 Å². The van der Waals surface area contributed by atoms with Gasteiger partial charge >= 0.3 is 5.69 Å². The van der Waals surface area contributed by atoms with Crippen molar-refractivity contribution in [2.24, 2.45) is 0 Å². The number of rotatable bonds is 1. The molecule has 16 heavy (non-hydrogen) atoms. The standard InChI is InChI=1S/C11H16N2O2S/c1-7-9(16)12-11(15)13(10(7)14)8-5-3-2-4-6-8/h8,16H,2-6H2,1H3,(H,12,15). The summed E-state index contributed by atoms with van der Waals surface area (Å²) in [6, 6.07) is 0.0673. The molecule has 0 amide bonds. The van der Waals surface area contributed by atoms with Gasteiger partial charge in [0.05, 0.1) is 5.03 Å². The summed E-state index contributed by atoms with van der Waals surface area (Å²) in [6.45, 7) is 1.69. The van der Waals surface area contributed by atoms with Crippen molar-refractivity contribution in [3.05, 3.63) is 26.4 Å². The lowest BCUT2D eigenvalue weighted by atomic mass is 9.95. The molecule has 0 aliphatic heterocycles. The van der Waals surface area contributed by atoms with Gasteiger partial charge in [-0.1, -0.05) is 19.3 Å². The van der Waals surface area contributed by atoms with Gasteiger partial charge in [0, 0.05) is 11.6 Å². The highest BCUT2D eigenvalue weighted by Gasteiger charge is 2.20. The summed E-state index contributed by atoms with van der Waals surface area (Å²) in [6.07, 6.45) is 5.24. The van der Waals surface area contributed by atoms with Crippen LogP contribution in [0, 0.1) is 6.92 Å². The number of hydrogen-bond acceptors (Lipinski definition) is 3. The molecule has 2 rings (SSSR count). The third kappa shape index (κ3) is 1.96. The normalized spacial score (nSPS) is 17.6. The van der Waals surface area contributed by atoms with Gasteiger partial charge in [-0.25, -0.2) is 4.79 Å². The van der Waals surface area contributed by atoms with Crippen molar-refractivity contribution in [1.29, 1.82) is 0 Å². The molecule has 1 fully saturated rings. The van der Waals surface area contributed by atoms with Crippen molar-refractivity contribution in [2.75, 3.05) is 0 Å². The predicted molar refractivity (Wildman–Crippen MR) is 65.4 cm³/mol. The first kappa shape index (κ1) is 11.5. The SMILES string of the molecule is Cc1c(S)[nH]c(=O)n(C2CCCCC2)c1=O. The molecule has 1 heterocycles. The van der Waals surface area contributed by atoms with Crippen molar-refractivity contribution in [1.82, 2.24) is 9.55 Å². The number of aromatic amines is 1. The molecule has 88 valence electrons. The summed E-state index contributed by atoms with van der Waals surface area (Å²) < 4.78 is 1.37. The minimum atomic E-state index is -0.326. The van der Waals surface area contributed by atoms with Crippen LogP contribution in [0.5, 0.6) is 0 Å². The predicted octanol–water partition coefficient (Wildman–Crippen LogP) is 1.64. The van der Waals surface area contributed by atoms with Crippen LogP contribution >= 0.6 is 12.6 Å². The quantitative estimate of drug-likeness (QED) is 0.579. The Morgan fingerprint density at radius 3 is 2.50 bits per heavy atom. The molecule has 1 aromatic heterocycles. The van der Waals surface area contributed by atoms with Gasteiger partial charge in [0.15, 0.2) is 0 Å². The number of nitrogens with zero attached hydrogens (tertiary/aromatic N) is 1. The van der Waals surface area contributed by atoms with Crippen molar-refractivity contribution in [3.8, 4) is 0 Å². The van der Waals surface area contributed by atoms with Gasteiger partial charge in [-0.15, -0.1) is 12.6 Å². The maximum absolute atomic E-state index is 12.0. The molecule has 0 unspecified atom stereocenters. The first-order valence-corrected chi connectivity index (χ1v) is 6.10. The summed E-state index contributed by atoms with van der Waals surface area (Å²) in [7, 11) is 0. The molecule has 5 heteroatoms. The maximum atomic E-state index is 12.0. The number of thiol groups is 1. The van der Waals surface area contributed by atoms with Gasteiger partial charge in [-0.05, 0) is 19.8 Å². The lowest BCUT2D eigenvalue weighted by molar-refractivity contribution is 0.334. The van der Waals surface area contributed by atoms with Crippen LogP contribution in [0.25, 0.3) is 0 Å². The highest BCUT2D eigenvalue weighted by Crippen LogP contribution is 2.25. The zero-order chi connectivity index (χ0) is 11.7. The molecule has 1 saturated carbocycles. The van der Waals surface area contributed by atoms with Crippen LogP contribution in [0.1, 0.15) is 43.7 Å². The van der Waals surface area contributed by atoms with E-state index < -0.39 is 0 Å². The van der Waals surface area contributed by atoms with E-state index in [1.807, 2.05) is 0 Å². The Labute approximate surface area is 99.1 Å². The van der Waals surface area contributed by atoms with Crippen LogP contribution < -0.4 is 11.2 Å². The second-order valence-corrected chi connectivity index (χ2v) is 4.82. The summed E-state index contributed by atoms with van der Waals surface area (Å²) in [4.78, 5) is 26.4. The molecule has 1 N–H and O–H groups in total. The van der Waals surface area contributed by atoms with Gasteiger partial charge in [0.25, 0.3) is 5.56 Å². The minimum Gasteiger partial charge on any atom is -0.302 e. The Hall–Kier alpha value is -0.970. The van der Waals surface area contributed by atoms with Crippen molar-refractivity contribution in [3.63, 3.8) is 0 Å². The lowest BCUT2D eigenvalue weighted by Gasteiger charge is -2.23. The molecule has 4 nitrogen and oxygen atoms in total. The van der Waals surface area contributed by atoms with E-state index in [4.69, 9.17) is 0 Å². The third-order valence-corrected chi connectivity index (χ3v) is 3.73. The first-order valence-electron chi connectivity index (χ1n) is 5.65. The molecule has 1 aliphatic rings. The second-order valence-electron chi connectivity index (χ2n) is 4.37. The Bertz CT molecular complexity index is 498. The summed E-state index contributed by atoms with van der Waals surface area (Å²) in [5.74, 6) is 0. The first-order chi connectivity index (χ1) is 7.61. The molecule has 1 aliphatic carbocycles. The summed E-state index contributed by atoms with van der Waals surface area (Å²) >= 11 is 4.08. The minimum absolute atomic E-state index is 0.0673. The molecule has 1 aromatic rings. The maximum Gasteiger partial charge on any atom is 0.329 e. The number of nitrogens with one attached hydrogen (secondary N) is 1. The van der Waals surface area contributed by atoms with Crippen molar-refractivity contribution in [2.45, 2.75) is 50.1 Å². The second kappa shape index (κ2) is 4.49. The number of aromatic nitrogens is 2. The van der Waals surface area contributed by atoms with E-state index in [9.17, 15) is 9.59 Å². The highest BCUT2D eigenvalue weighted by molar-refractivity contribution is 7.80. The fraction of sp³-hybridized carbons (Fsp3) is 0.636. The number of hydrogen-bond donors (Lipinski definition) is 2. The van der Waals surface area contributed by atoms with E-state index in [2.05, 4.69) is 17.6 Å². The Morgan fingerprint density at radius 2 is 1.88 bits per heavy atom. The summed E-state index contributed by atoms with van der Waals surface area (Å²) in [5.41, 5.74) is 0.00153. The van der Waals surface area contributed by atoms with Crippen LogP contribution in [-0.4, -0.2) is 9.55 Å². The van der Waals surface area contributed by atoms with Crippen LogP contribution in [0.4, 0.5) is 0 Å². The third-order valence-electron chi connectivity index (χ3n) is 3.28. The molecule has 0 radical (unpaired) electrons. The zero-order valence-electron chi connectivity index (χ0n) is 9.32. The molecular formula is C11H16N2O2S. The molecule has 0 bridgehead atoms.